The van der Waals surface area contributed by atoms with Crippen molar-refractivity contribution in [3.05, 3.63) is 59.2 Å². The van der Waals surface area contributed by atoms with E-state index >= 15 is 0 Å². The molecule has 0 bridgehead atoms. The lowest BCUT2D eigenvalue weighted by atomic mass is 9.97. The fourth-order valence-electron chi connectivity index (χ4n) is 3.68. The van der Waals surface area contributed by atoms with Crippen LogP contribution in [0.15, 0.2) is 42.5 Å². The van der Waals surface area contributed by atoms with Gasteiger partial charge in [0.05, 0.1) is 17.0 Å². The summed E-state index contributed by atoms with van der Waals surface area (Å²) in [6.45, 7) is 6.37. The molecular weight excluding hydrogens is 336 g/mol. The van der Waals surface area contributed by atoms with E-state index in [-0.39, 0.29) is 11.8 Å². The molecule has 0 aliphatic carbocycles. The van der Waals surface area contributed by atoms with Crippen molar-refractivity contribution in [2.45, 2.75) is 33.2 Å². The number of carbonyl (C=O) groups is 1. The second-order valence-corrected chi connectivity index (χ2v) is 7.57. The molecule has 1 aromatic heterocycles. The highest BCUT2D eigenvalue weighted by molar-refractivity contribution is 5.80. The molecule has 0 spiro atoms. The first-order valence-electron chi connectivity index (χ1n) is 9.63. The quantitative estimate of drug-likeness (QED) is 0.744. The van der Waals surface area contributed by atoms with Crippen molar-refractivity contribution in [1.82, 2.24) is 15.3 Å². The summed E-state index contributed by atoms with van der Waals surface area (Å²) in [4.78, 5) is 23.0. The molecule has 1 saturated heterocycles. The summed E-state index contributed by atoms with van der Waals surface area (Å²) in [7, 11) is 0. The summed E-state index contributed by atoms with van der Waals surface area (Å²) in [6, 6.07) is 14.5. The molecule has 2 heterocycles. The molecule has 1 amide bonds. The number of H-pyrrole nitrogens is 1. The predicted octanol–water partition coefficient (Wildman–Crippen LogP) is 3.71. The van der Waals surface area contributed by atoms with Gasteiger partial charge in [-0.05, 0) is 49.9 Å². The highest BCUT2D eigenvalue weighted by Gasteiger charge is 2.27. The van der Waals surface area contributed by atoms with Gasteiger partial charge in [0.15, 0.2) is 0 Å². The van der Waals surface area contributed by atoms with E-state index in [1.165, 1.54) is 11.1 Å². The maximum atomic E-state index is 12.7. The van der Waals surface area contributed by atoms with Gasteiger partial charge in [0.1, 0.15) is 0 Å². The molecule has 2 aromatic carbocycles. The van der Waals surface area contributed by atoms with Crippen molar-refractivity contribution in [3.8, 4) is 0 Å². The van der Waals surface area contributed by atoms with E-state index < -0.39 is 0 Å². The normalized spacial score (nSPS) is 17.3. The first-order valence-corrected chi connectivity index (χ1v) is 9.63. The maximum absolute atomic E-state index is 12.7. The third-order valence-electron chi connectivity index (χ3n) is 5.30. The molecule has 0 unspecified atom stereocenters. The van der Waals surface area contributed by atoms with E-state index in [1.54, 1.807) is 0 Å². The van der Waals surface area contributed by atoms with Gasteiger partial charge < -0.3 is 15.2 Å². The van der Waals surface area contributed by atoms with E-state index in [0.717, 1.165) is 41.9 Å². The molecule has 2 N–H and O–H groups in total. The molecule has 0 radical (unpaired) electrons. The van der Waals surface area contributed by atoms with Crippen LogP contribution in [0.2, 0.25) is 0 Å². The van der Waals surface area contributed by atoms with Crippen LogP contribution in [0.1, 0.15) is 29.5 Å². The fourth-order valence-corrected chi connectivity index (χ4v) is 3.68. The number of hydrogen-bond acceptors (Lipinski definition) is 3. The first-order chi connectivity index (χ1) is 13.1. The van der Waals surface area contributed by atoms with Gasteiger partial charge in [-0.25, -0.2) is 4.98 Å². The summed E-state index contributed by atoms with van der Waals surface area (Å²) in [5.41, 5.74) is 5.60. The molecule has 1 fully saturated rings. The van der Waals surface area contributed by atoms with E-state index in [2.05, 4.69) is 65.4 Å². The lowest BCUT2D eigenvalue weighted by Crippen LogP contribution is -2.43. The number of hydrogen-bond donors (Lipinski definition) is 2. The molecule has 5 nitrogen and oxygen atoms in total. The molecule has 5 heteroatoms. The minimum atomic E-state index is -0.000790. The van der Waals surface area contributed by atoms with Gasteiger partial charge in [-0.3, -0.25) is 4.79 Å². The minimum Gasteiger partial charge on any atom is -0.352 e. The summed E-state index contributed by atoms with van der Waals surface area (Å²) < 4.78 is 0. The van der Waals surface area contributed by atoms with Crippen molar-refractivity contribution in [3.63, 3.8) is 0 Å². The van der Waals surface area contributed by atoms with Crippen molar-refractivity contribution < 1.29 is 4.79 Å². The summed E-state index contributed by atoms with van der Waals surface area (Å²) in [5.74, 6) is 0.998. The van der Waals surface area contributed by atoms with Gasteiger partial charge >= 0.3 is 0 Å². The second kappa shape index (κ2) is 7.43. The molecular formula is C22H26N4O. The lowest BCUT2D eigenvalue weighted by Gasteiger charge is -2.31. The summed E-state index contributed by atoms with van der Waals surface area (Å²) in [6.07, 6.45) is 1.92. The van der Waals surface area contributed by atoms with Gasteiger partial charge in [-0.1, -0.05) is 35.9 Å². The molecule has 0 saturated carbocycles. The monoisotopic (exact) mass is 362 g/mol. The van der Waals surface area contributed by atoms with E-state index in [1.807, 2.05) is 6.07 Å². The summed E-state index contributed by atoms with van der Waals surface area (Å²) >= 11 is 0. The lowest BCUT2D eigenvalue weighted by molar-refractivity contribution is -0.125. The number of nitrogens with one attached hydrogen (secondary N) is 2. The Bertz CT molecular complexity index is 945. The topological polar surface area (TPSA) is 61.0 Å². The Morgan fingerprint density at radius 1 is 1.19 bits per heavy atom. The third kappa shape index (κ3) is 3.97. The van der Waals surface area contributed by atoms with Crippen molar-refractivity contribution >= 4 is 22.9 Å². The predicted molar refractivity (Wildman–Crippen MR) is 109 cm³/mol. The molecule has 140 valence electrons. The molecule has 1 aliphatic rings. The van der Waals surface area contributed by atoms with Gasteiger partial charge in [-0.2, -0.15) is 0 Å². The van der Waals surface area contributed by atoms with Gasteiger partial charge in [-0.15, -0.1) is 0 Å². The van der Waals surface area contributed by atoms with Crippen LogP contribution >= 0.6 is 0 Å². The van der Waals surface area contributed by atoms with Gasteiger partial charge in [0, 0.05) is 19.6 Å². The largest absolute Gasteiger partial charge is 0.352 e. The smallest absolute Gasteiger partial charge is 0.225 e. The number of amides is 1. The third-order valence-corrected chi connectivity index (χ3v) is 5.30. The zero-order valence-electron chi connectivity index (χ0n) is 16.0. The van der Waals surface area contributed by atoms with E-state index in [0.29, 0.717) is 13.1 Å². The Balaban J connectivity index is 1.40. The first kappa shape index (κ1) is 17.6. The standard InChI is InChI=1S/C22H26N4O/c1-15-5-8-17(9-6-15)13-23-21(27)18-4-3-11-26(14-18)22-24-19-10-7-16(2)12-20(19)25-22/h5-10,12,18H,3-4,11,13-14H2,1-2H3,(H,23,27)(H,24,25)/t18-/m1/s1. The number of imidazole rings is 1. The van der Waals surface area contributed by atoms with Crippen LogP contribution in [0.25, 0.3) is 11.0 Å². The van der Waals surface area contributed by atoms with Crippen LogP contribution in [0, 0.1) is 19.8 Å². The van der Waals surface area contributed by atoms with Crippen LogP contribution in [0.3, 0.4) is 0 Å². The van der Waals surface area contributed by atoms with Gasteiger partial charge in [0.25, 0.3) is 0 Å². The number of fused-ring (bicyclic) bond motifs is 1. The number of piperidine rings is 1. The van der Waals surface area contributed by atoms with Crippen LogP contribution < -0.4 is 10.2 Å². The van der Waals surface area contributed by atoms with Crippen molar-refractivity contribution in [2.24, 2.45) is 5.92 Å². The molecule has 4 rings (SSSR count). The van der Waals surface area contributed by atoms with Crippen LogP contribution in [0.4, 0.5) is 5.95 Å². The van der Waals surface area contributed by atoms with Crippen LogP contribution in [-0.2, 0) is 11.3 Å². The Kier molecular flexibility index (Phi) is 4.84. The zero-order chi connectivity index (χ0) is 18.8. The SMILES string of the molecule is Cc1ccc(CNC(=O)[C@@H]2CCCN(c3nc4ccc(C)cc4[nH]3)C2)cc1. The zero-order valence-corrected chi connectivity index (χ0v) is 16.0. The number of rotatable bonds is 4. The molecule has 3 aromatic rings. The number of aryl methyl sites for hydroxylation is 2. The number of anilines is 1. The number of nitrogens with zero attached hydrogens (tertiary/aromatic N) is 2. The Hall–Kier alpha value is -2.82. The number of aromatic amines is 1. The Morgan fingerprint density at radius 3 is 2.78 bits per heavy atom. The number of carbonyl (C=O) groups excluding carboxylic acids is 1. The second-order valence-electron chi connectivity index (χ2n) is 7.57. The highest BCUT2D eigenvalue weighted by Crippen LogP contribution is 2.24. The van der Waals surface area contributed by atoms with Crippen molar-refractivity contribution in [2.75, 3.05) is 18.0 Å². The minimum absolute atomic E-state index is 0.000790. The van der Waals surface area contributed by atoms with E-state index in [4.69, 9.17) is 4.98 Å². The average Bonchev–Trinajstić information content (AvgIpc) is 3.10. The van der Waals surface area contributed by atoms with Crippen LogP contribution in [-0.4, -0.2) is 29.0 Å². The maximum Gasteiger partial charge on any atom is 0.225 e. The highest BCUT2D eigenvalue weighted by atomic mass is 16.1. The molecule has 27 heavy (non-hydrogen) atoms. The molecule has 1 atom stereocenters. The van der Waals surface area contributed by atoms with Crippen molar-refractivity contribution in [1.29, 1.82) is 0 Å². The Labute approximate surface area is 159 Å². The van der Waals surface area contributed by atoms with E-state index in [9.17, 15) is 4.79 Å². The Morgan fingerprint density at radius 2 is 1.96 bits per heavy atom. The molecule has 1 aliphatic heterocycles. The van der Waals surface area contributed by atoms with Crippen LogP contribution in [0.5, 0.6) is 0 Å². The fraction of sp³-hybridized carbons (Fsp3) is 0.364. The number of aromatic nitrogens is 2. The van der Waals surface area contributed by atoms with Gasteiger partial charge in [0.2, 0.25) is 11.9 Å². The number of benzene rings is 2. The summed E-state index contributed by atoms with van der Waals surface area (Å²) in [5, 5.41) is 3.10. The average molecular weight is 362 g/mol.